The number of carbonyl (C=O) groups is 1. The standard InChI is InChI=1S/C14H20ClNO4/c1-9(2)16(8-12(17)18)7-10-5-6-11(19-3)14(20-4)13(10)15/h5-6,9H,7-8H2,1-4H3,(H,17,18). The van der Waals surface area contributed by atoms with Crippen LogP contribution in [-0.2, 0) is 11.3 Å². The van der Waals surface area contributed by atoms with Gasteiger partial charge in [-0.3, -0.25) is 9.69 Å². The average molecular weight is 302 g/mol. The number of carboxylic acids is 1. The van der Waals surface area contributed by atoms with E-state index in [0.29, 0.717) is 23.1 Å². The van der Waals surface area contributed by atoms with Crippen molar-refractivity contribution in [1.82, 2.24) is 4.90 Å². The lowest BCUT2D eigenvalue weighted by atomic mass is 10.1. The molecule has 0 unspecified atom stereocenters. The van der Waals surface area contributed by atoms with Gasteiger partial charge in [0.2, 0.25) is 0 Å². The minimum atomic E-state index is -0.865. The third-order valence-electron chi connectivity index (χ3n) is 3.01. The molecule has 1 rings (SSSR count). The van der Waals surface area contributed by atoms with Crippen LogP contribution in [0.3, 0.4) is 0 Å². The molecule has 6 heteroatoms. The van der Waals surface area contributed by atoms with Crippen LogP contribution in [0.1, 0.15) is 19.4 Å². The van der Waals surface area contributed by atoms with Crippen molar-refractivity contribution in [2.75, 3.05) is 20.8 Å². The van der Waals surface area contributed by atoms with Gasteiger partial charge < -0.3 is 14.6 Å². The molecule has 0 radical (unpaired) electrons. The molecular formula is C14H20ClNO4. The van der Waals surface area contributed by atoms with E-state index in [9.17, 15) is 4.79 Å². The highest BCUT2D eigenvalue weighted by Crippen LogP contribution is 2.37. The minimum Gasteiger partial charge on any atom is -0.493 e. The van der Waals surface area contributed by atoms with Crippen LogP contribution >= 0.6 is 11.6 Å². The summed E-state index contributed by atoms with van der Waals surface area (Å²) < 4.78 is 10.4. The smallest absolute Gasteiger partial charge is 0.317 e. The first-order valence-corrected chi connectivity index (χ1v) is 6.63. The maximum Gasteiger partial charge on any atom is 0.317 e. The van der Waals surface area contributed by atoms with Gasteiger partial charge in [-0.25, -0.2) is 0 Å². The summed E-state index contributed by atoms with van der Waals surface area (Å²) in [4.78, 5) is 12.7. The van der Waals surface area contributed by atoms with E-state index in [2.05, 4.69) is 0 Å². The highest BCUT2D eigenvalue weighted by molar-refractivity contribution is 6.33. The second-order valence-electron chi connectivity index (χ2n) is 4.67. The second-order valence-corrected chi connectivity index (χ2v) is 5.04. The maximum absolute atomic E-state index is 10.9. The van der Waals surface area contributed by atoms with Crippen LogP contribution in [0.25, 0.3) is 0 Å². The molecule has 112 valence electrons. The zero-order chi connectivity index (χ0) is 15.3. The van der Waals surface area contributed by atoms with E-state index in [1.165, 1.54) is 7.11 Å². The van der Waals surface area contributed by atoms with Crippen LogP contribution in [0.2, 0.25) is 5.02 Å². The number of aliphatic carboxylic acids is 1. The Hall–Kier alpha value is -1.46. The van der Waals surface area contributed by atoms with Crippen molar-refractivity contribution in [1.29, 1.82) is 0 Å². The third-order valence-corrected chi connectivity index (χ3v) is 3.42. The Morgan fingerprint density at radius 2 is 2.00 bits per heavy atom. The van der Waals surface area contributed by atoms with Crippen molar-refractivity contribution in [3.63, 3.8) is 0 Å². The molecule has 0 heterocycles. The van der Waals surface area contributed by atoms with Crippen LogP contribution < -0.4 is 9.47 Å². The van der Waals surface area contributed by atoms with Gasteiger partial charge in [0.15, 0.2) is 11.5 Å². The zero-order valence-corrected chi connectivity index (χ0v) is 12.9. The lowest BCUT2D eigenvalue weighted by molar-refractivity contribution is -0.138. The van der Waals surface area contributed by atoms with E-state index in [4.69, 9.17) is 26.2 Å². The number of ether oxygens (including phenoxy) is 2. The van der Waals surface area contributed by atoms with Crippen molar-refractivity contribution < 1.29 is 19.4 Å². The normalized spacial score (nSPS) is 10.9. The molecule has 0 aliphatic heterocycles. The fourth-order valence-electron chi connectivity index (χ4n) is 1.87. The molecule has 0 aliphatic rings. The summed E-state index contributed by atoms with van der Waals surface area (Å²) in [6.45, 7) is 4.28. The molecule has 0 saturated heterocycles. The van der Waals surface area contributed by atoms with Gasteiger partial charge in [-0.15, -0.1) is 0 Å². The number of hydrogen-bond acceptors (Lipinski definition) is 4. The summed E-state index contributed by atoms with van der Waals surface area (Å²) in [5, 5.41) is 9.39. The van der Waals surface area contributed by atoms with E-state index in [-0.39, 0.29) is 12.6 Å². The number of benzene rings is 1. The SMILES string of the molecule is COc1ccc(CN(CC(=O)O)C(C)C)c(Cl)c1OC. The molecule has 0 atom stereocenters. The predicted molar refractivity (Wildman–Crippen MR) is 77.7 cm³/mol. The molecule has 0 aromatic heterocycles. The summed E-state index contributed by atoms with van der Waals surface area (Å²) in [5.41, 5.74) is 0.805. The largest absolute Gasteiger partial charge is 0.493 e. The number of halogens is 1. The number of methoxy groups -OCH3 is 2. The third kappa shape index (κ3) is 4.02. The summed E-state index contributed by atoms with van der Waals surface area (Å²) in [6, 6.07) is 3.68. The molecule has 0 saturated carbocycles. The van der Waals surface area contributed by atoms with Gasteiger partial charge in [0.25, 0.3) is 0 Å². The molecular weight excluding hydrogens is 282 g/mol. The van der Waals surface area contributed by atoms with Crippen molar-refractivity contribution in [2.45, 2.75) is 26.4 Å². The molecule has 0 fully saturated rings. The van der Waals surface area contributed by atoms with Gasteiger partial charge in [0, 0.05) is 12.6 Å². The van der Waals surface area contributed by atoms with Gasteiger partial charge >= 0.3 is 5.97 Å². The fraction of sp³-hybridized carbons (Fsp3) is 0.500. The monoisotopic (exact) mass is 301 g/mol. The summed E-state index contributed by atoms with van der Waals surface area (Å²) in [7, 11) is 3.06. The zero-order valence-electron chi connectivity index (χ0n) is 12.1. The average Bonchev–Trinajstić information content (AvgIpc) is 2.39. The first-order valence-electron chi connectivity index (χ1n) is 6.25. The highest BCUT2D eigenvalue weighted by atomic mass is 35.5. The lowest BCUT2D eigenvalue weighted by Crippen LogP contribution is -2.35. The molecule has 0 spiro atoms. The van der Waals surface area contributed by atoms with Gasteiger partial charge in [-0.1, -0.05) is 17.7 Å². The predicted octanol–water partition coefficient (Wildman–Crippen LogP) is 2.65. The molecule has 0 aliphatic carbocycles. The lowest BCUT2D eigenvalue weighted by Gasteiger charge is -2.25. The van der Waals surface area contributed by atoms with Crippen molar-refractivity contribution in [3.8, 4) is 11.5 Å². The van der Waals surface area contributed by atoms with E-state index < -0.39 is 5.97 Å². The van der Waals surface area contributed by atoms with Crippen LogP contribution in [-0.4, -0.2) is 42.8 Å². The summed E-state index contributed by atoms with van der Waals surface area (Å²) >= 11 is 6.30. The van der Waals surface area contributed by atoms with Crippen LogP contribution in [0.4, 0.5) is 0 Å². The molecule has 0 bridgehead atoms. The number of rotatable bonds is 7. The number of hydrogen-bond donors (Lipinski definition) is 1. The highest BCUT2D eigenvalue weighted by Gasteiger charge is 2.18. The van der Waals surface area contributed by atoms with E-state index in [1.54, 1.807) is 13.2 Å². The first-order chi connectivity index (χ1) is 9.40. The molecule has 1 aromatic carbocycles. The van der Waals surface area contributed by atoms with Gasteiger partial charge in [-0.2, -0.15) is 0 Å². The quantitative estimate of drug-likeness (QED) is 0.839. The first kappa shape index (κ1) is 16.6. The Labute approximate surface area is 124 Å². The fourth-order valence-corrected chi connectivity index (χ4v) is 2.16. The Bertz CT molecular complexity index is 476. The number of carboxylic acid groups (broad SMARTS) is 1. The molecule has 1 N–H and O–H groups in total. The van der Waals surface area contributed by atoms with Gasteiger partial charge in [-0.05, 0) is 25.5 Å². The van der Waals surface area contributed by atoms with Crippen molar-refractivity contribution in [2.24, 2.45) is 0 Å². The minimum absolute atomic E-state index is 0.0393. The van der Waals surface area contributed by atoms with Crippen molar-refractivity contribution in [3.05, 3.63) is 22.7 Å². The molecule has 0 amide bonds. The summed E-state index contributed by atoms with van der Waals surface area (Å²) in [6.07, 6.45) is 0. The van der Waals surface area contributed by atoms with E-state index >= 15 is 0 Å². The molecule has 5 nitrogen and oxygen atoms in total. The van der Waals surface area contributed by atoms with Gasteiger partial charge in [0.1, 0.15) is 0 Å². The Balaban J connectivity index is 3.04. The van der Waals surface area contributed by atoms with Gasteiger partial charge in [0.05, 0.1) is 25.8 Å². The van der Waals surface area contributed by atoms with E-state index in [1.807, 2.05) is 24.8 Å². The Kier molecular flexibility index (Phi) is 6.10. The molecule has 20 heavy (non-hydrogen) atoms. The second kappa shape index (κ2) is 7.36. The van der Waals surface area contributed by atoms with E-state index in [0.717, 1.165) is 5.56 Å². The maximum atomic E-state index is 10.9. The Morgan fingerprint density at radius 1 is 1.35 bits per heavy atom. The van der Waals surface area contributed by atoms with Crippen LogP contribution in [0.5, 0.6) is 11.5 Å². The topological polar surface area (TPSA) is 59.0 Å². The Morgan fingerprint density at radius 3 is 2.45 bits per heavy atom. The van der Waals surface area contributed by atoms with Crippen molar-refractivity contribution >= 4 is 17.6 Å². The van der Waals surface area contributed by atoms with Crippen LogP contribution in [0.15, 0.2) is 12.1 Å². The summed E-state index contributed by atoms with van der Waals surface area (Å²) in [5.74, 6) is 0.150. The van der Waals surface area contributed by atoms with Crippen LogP contribution in [0, 0.1) is 0 Å². The molecule has 1 aromatic rings. The number of nitrogens with zero attached hydrogens (tertiary/aromatic N) is 1.